The van der Waals surface area contributed by atoms with Gasteiger partial charge in [0.2, 0.25) is 0 Å². The van der Waals surface area contributed by atoms with Gasteiger partial charge in [-0.1, -0.05) is 0 Å². The fourth-order valence-corrected chi connectivity index (χ4v) is 1.41. The second-order valence-corrected chi connectivity index (χ2v) is 2.94. The number of hydrogen-bond acceptors (Lipinski definition) is 0. The Bertz CT molecular complexity index is 46.1. The first kappa shape index (κ1) is 5.65. The van der Waals surface area contributed by atoms with Gasteiger partial charge in [0.1, 0.15) is 0 Å². The summed E-state index contributed by atoms with van der Waals surface area (Å²) < 4.78 is 0. The van der Waals surface area contributed by atoms with Crippen LogP contribution in [0.25, 0.3) is 0 Å². The first-order chi connectivity index (χ1) is 3.39. The van der Waals surface area contributed by atoms with Crippen molar-refractivity contribution in [2.45, 2.75) is 36.9 Å². The van der Waals surface area contributed by atoms with Crippen molar-refractivity contribution in [3.63, 3.8) is 0 Å². The van der Waals surface area contributed by atoms with E-state index in [1.54, 1.807) is 0 Å². The van der Waals surface area contributed by atoms with Gasteiger partial charge < -0.3 is 0 Å². The normalized spacial score (nSPS) is 25.4. The first-order valence-electron chi connectivity index (χ1n) is 2.99. The average Bonchev–Trinajstić information content (AvgIpc) is 1.69. The zero-order valence-corrected chi connectivity index (χ0v) is 5.36. The van der Waals surface area contributed by atoms with E-state index in [2.05, 4.69) is 0 Å². The Labute approximate surface area is 53.5 Å². The summed E-state index contributed by atoms with van der Waals surface area (Å²) in [5.41, 5.74) is 0. The summed E-state index contributed by atoms with van der Waals surface area (Å²) in [6.07, 6.45) is 6.76. The first-order valence-corrected chi connectivity index (χ1v) is 3.53. The second-order valence-electron chi connectivity index (χ2n) is 2.17. The summed E-state index contributed by atoms with van der Waals surface area (Å²) in [4.78, 5) is 0.598. The summed E-state index contributed by atoms with van der Waals surface area (Å²) in [5, 5.41) is 0. The summed E-state index contributed by atoms with van der Waals surface area (Å²) in [6.45, 7) is 0. The minimum atomic E-state index is 0.598. The van der Waals surface area contributed by atoms with Gasteiger partial charge in [-0.2, -0.15) is 0 Å². The Hall–Kier alpha value is 0.519. The van der Waals surface area contributed by atoms with Crippen LogP contribution in [0.3, 0.4) is 0 Å². The van der Waals surface area contributed by atoms with Crippen LogP contribution in [0.1, 0.15) is 32.1 Å². The van der Waals surface area contributed by atoms with Gasteiger partial charge in [0.05, 0.1) is 0 Å². The van der Waals surface area contributed by atoms with Gasteiger partial charge in [-0.05, 0) is 0 Å². The van der Waals surface area contributed by atoms with Crippen LogP contribution in [-0.4, -0.2) is 0 Å². The van der Waals surface area contributed by atoms with Crippen LogP contribution in [-0.2, 0) is 16.0 Å². The van der Waals surface area contributed by atoms with Crippen LogP contribution in [0.2, 0.25) is 4.82 Å². The number of rotatable bonds is 0. The molecule has 0 aromatic rings. The molecular weight excluding hydrogens is 136 g/mol. The molecular formula is C6H11Cu. The molecule has 1 fully saturated rings. The van der Waals surface area contributed by atoms with Crippen molar-refractivity contribution in [1.29, 1.82) is 0 Å². The van der Waals surface area contributed by atoms with E-state index in [0.717, 1.165) is 0 Å². The van der Waals surface area contributed by atoms with E-state index in [9.17, 15) is 0 Å². The maximum atomic E-state index is 5.23. The summed E-state index contributed by atoms with van der Waals surface area (Å²) >= 11 is 5.23. The Morgan fingerprint density at radius 2 is 1.57 bits per heavy atom. The van der Waals surface area contributed by atoms with Gasteiger partial charge in [0.25, 0.3) is 0 Å². The predicted octanol–water partition coefficient (Wildman–Crippen LogP) is 2.29. The van der Waals surface area contributed by atoms with Gasteiger partial charge in [0, 0.05) is 0 Å². The number of hydrogen-bond donors (Lipinski definition) is 0. The molecule has 0 aromatic heterocycles. The van der Waals surface area contributed by atoms with Gasteiger partial charge >= 0.3 is 52.9 Å². The van der Waals surface area contributed by atoms with Crippen molar-refractivity contribution in [2.24, 2.45) is 0 Å². The molecule has 0 aliphatic heterocycles. The van der Waals surface area contributed by atoms with Crippen molar-refractivity contribution in [1.82, 2.24) is 0 Å². The van der Waals surface area contributed by atoms with Gasteiger partial charge in [0.15, 0.2) is 0 Å². The zero-order valence-electron chi connectivity index (χ0n) is 4.41. The minimum absolute atomic E-state index is 0.598. The van der Waals surface area contributed by atoms with E-state index in [1.165, 1.54) is 32.1 Å². The van der Waals surface area contributed by atoms with Crippen LogP contribution >= 0.6 is 0 Å². The van der Waals surface area contributed by atoms with Crippen molar-refractivity contribution in [3.05, 3.63) is 0 Å². The molecule has 1 rings (SSSR count). The summed E-state index contributed by atoms with van der Waals surface area (Å²) in [7, 11) is 0. The topological polar surface area (TPSA) is 0 Å². The summed E-state index contributed by atoms with van der Waals surface area (Å²) in [5.74, 6) is 0. The molecule has 0 bridgehead atoms. The van der Waals surface area contributed by atoms with Crippen LogP contribution < -0.4 is 0 Å². The van der Waals surface area contributed by atoms with Crippen LogP contribution in [0, 0.1) is 0 Å². The zero-order chi connectivity index (χ0) is 5.11. The molecule has 0 heterocycles. The molecule has 0 nitrogen and oxygen atoms in total. The monoisotopic (exact) mass is 146 g/mol. The van der Waals surface area contributed by atoms with Crippen LogP contribution in [0.4, 0.5) is 0 Å². The van der Waals surface area contributed by atoms with E-state index >= 15 is 0 Å². The van der Waals surface area contributed by atoms with E-state index < -0.39 is 0 Å². The third kappa shape index (κ3) is 1.83. The molecule has 0 spiro atoms. The molecule has 0 radical (unpaired) electrons. The molecule has 1 aliphatic rings. The molecule has 1 saturated carbocycles. The maximum absolute atomic E-state index is 5.23. The van der Waals surface area contributed by atoms with E-state index in [4.69, 9.17) is 16.0 Å². The van der Waals surface area contributed by atoms with Crippen LogP contribution in [0.15, 0.2) is 0 Å². The molecule has 0 saturated heterocycles. The molecule has 1 heteroatoms. The molecule has 7 heavy (non-hydrogen) atoms. The Kier molecular flexibility index (Phi) is 2.21. The van der Waals surface area contributed by atoms with Crippen LogP contribution in [0.5, 0.6) is 0 Å². The molecule has 0 N–H and O–H groups in total. The third-order valence-electron chi connectivity index (χ3n) is 1.49. The Balaban J connectivity index is 2.12. The molecule has 0 atom stereocenters. The average molecular weight is 147 g/mol. The SMILES string of the molecule is [Cu][CH]1CCCCC1. The quantitative estimate of drug-likeness (QED) is 0.460. The van der Waals surface area contributed by atoms with E-state index in [-0.39, 0.29) is 0 Å². The molecule has 0 unspecified atom stereocenters. The van der Waals surface area contributed by atoms with Gasteiger partial charge in [-0.25, -0.2) is 0 Å². The molecule has 1 aliphatic carbocycles. The third-order valence-corrected chi connectivity index (χ3v) is 2.03. The van der Waals surface area contributed by atoms with Gasteiger partial charge in [-0.15, -0.1) is 0 Å². The van der Waals surface area contributed by atoms with Crippen molar-refractivity contribution >= 4 is 0 Å². The van der Waals surface area contributed by atoms with E-state index in [0.29, 0.717) is 4.82 Å². The van der Waals surface area contributed by atoms with Gasteiger partial charge in [-0.3, -0.25) is 0 Å². The van der Waals surface area contributed by atoms with Crippen molar-refractivity contribution in [2.75, 3.05) is 0 Å². The Morgan fingerprint density at radius 3 is 1.86 bits per heavy atom. The second kappa shape index (κ2) is 2.74. The Morgan fingerprint density at radius 1 is 1.00 bits per heavy atom. The predicted molar refractivity (Wildman–Crippen MR) is 26.8 cm³/mol. The van der Waals surface area contributed by atoms with Crippen molar-refractivity contribution in [3.8, 4) is 0 Å². The standard InChI is InChI=1S/C6H11.Cu/c1-2-4-6-5-3-1;/h1H,2-6H2;. The molecule has 0 aromatic carbocycles. The summed E-state index contributed by atoms with van der Waals surface area (Å²) in [6, 6.07) is 0. The fraction of sp³-hybridized carbons (Fsp3) is 1.00. The van der Waals surface area contributed by atoms with E-state index in [1.807, 2.05) is 0 Å². The molecule has 0 amide bonds. The molecule has 46 valence electrons. The fourth-order valence-electron chi connectivity index (χ4n) is 1.02. The van der Waals surface area contributed by atoms with Crippen molar-refractivity contribution < 1.29 is 16.0 Å².